The number of pyridine rings is 1. The Balaban J connectivity index is 1.57. The van der Waals surface area contributed by atoms with E-state index in [2.05, 4.69) is 39.3 Å². The second kappa shape index (κ2) is 8.00. The number of nitrogens with one attached hydrogen (secondary N) is 1. The molecule has 3 heterocycles. The van der Waals surface area contributed by atoms with E-state index >= 15 is 0 Å². The number of nitrogens with zero attached hydrogens (tertiary/aromatic N) is 5. The number of hydrogen-bond acceptors (Lipinski definition) is 6. The molecule has 25 heavy (non-hydrogen) atoms. The van der Waals surface area contributed by atoms with Crippen LogP contribution < -0.4 is 5.32 Å². The molecule has 0 radical (unpaired) electrons. The molecular formula is C18H24N6O. The van der Waals surface area contributed by atoms with Gasteiger partial charge in [-0.2, -0.15) is 5.10 Å². The number of aryl methyl sites for hydroxylation is 2. The van der Waals surface area contributed by atoms with Crippen LogP contribution in [0.5, 0.6) is 0 Å². The normalized spacial score (nSPS) is 15.2. The first kappa shape index (κ1) is 17.3. The van der Waals surface area contributed by atoms with Crippen LogP contribution in [0.4, 0.5) is 5.95 Å². The average Bonchev–Trinajstić information content (AvgIpc) is 2.68. The summed E-state index contributed by atoms with van der Waals surface area (Å²) in [6.45, 7) is 5.59. The number of piperidine rings is 1. The van der Waals surface area contributed by atoms with Gasteiger partial charge >= 0.3 is 0 Å². The Morgan fingerprint density at radius 3 is 2.44 bits per heavy atom. The molecule has 1 fully saturated rings. The van der Waals surface area contributed by atoms with Gasteiger partial charge in [-0.1, -0.05) is 13.8 Å². The zero-order valence-corrected chi connectivity index (χ0v) is 14.8. The molecular weight excluding hydrogens is 316 g/mol. The van der Waals surface area contributed by atoms with Crippen LogP contribution in [0, 0.1) is 0 Å². The highest BCUT2D eigenvalue weighted by Gasteiger charge is 2.24. The van der Waals surface area contributed by atoms with Crippen molar-refractivity contribution < 1.29 is 4.79 Å². The van der Waals surface area contributed by atoms with Gasteiger partial charge in [-0.05, 0) is 37.8 Å². The fourth-order valence-corrected chi connectivity index (χ4v) is 3.09. The lowest BCUT2D eigenvalue weighted by Crippen LogP contribution is -2.42. The van der Waals surface area contributed by atoms with Gasteiger partial charge in [0.2, 0.25) is 5.95 Å². The Labute approximate surface area is 147 Å². The molecule has 0 spiro atoms. The number of amides is 1. The molecule has 1 amide bonds. The number of carbonyl (C=O) groups is 1. The highest BCUT2D eigenvalue weighted by molar-refractivity contribution is 5.94. The van der Waals surface area contributed by atoms with Crippen molar-refractivity contribution in [3.05, 3.63) is 41.5 Å². The third-order valence-corrected chi connectivity index (χ3v) is 4.55. The highest BCUT2D eigenvalue weighted by Crippen LogP contribution is 2.17. The van der Waals surface area contributed by atoms with Crippen LogP contribution in [0.1, 0.15) is 48.4 Å². The molecule has 1 N–H and O–H groups in total. The standard InChI is InChI=1S/C18H24N6O/c1-3-15-16(4-2)22-23-18(21-15)20-14-7-11-24(12-8-14)17(25)13-5-9-19-10-6-13/h5-6,9-10,14H,3-4,7-8,11-12H2,1-2H3,(H,20,21,23). The quantitative estimate of drug-likeness (QED) is 0.897. The van der Waals surface area contributed by atoms with Gasteiger partial charge in [0, 0.05) is 37.1 Å². The Hall–Kier alpha value is -2.57. The van der Waals surface area contributed by atoms with Gasteiger partial charge in [0.25, 0.3) is 5.91 Å². The van der Waals surface area contributed by atoms with E-state index in [9.17, 15) is 4.79 Å². The van der Waals surface area contributed by atoms with Crippen LogP contribution in [0.2, 0.25) is 0 Å². The van der Waals surface area contributed by atoms with Crippen LogP contribution in [-0.2, 0) is 12.8 Å². The maximum Gasteiger partial charge on any atom is 0.253 e. The van der Waals surface area contributed by atoms with Gasteiger partial charge in [-0.3, -0.25) is 9.78 Å². The molecule has 2 aromatic rings. The summed E-state index contributed by atoms with van der Waals surface area (Å²) in [5, 5.41) is 11.8. The van der Waals surface area contributed by atoms with Gasteiger partial charge < -0.3 is 10.2 Å². The molecule has 0 saturated carbocycles. The maximum atomic E-state index is 12.5. The molecule has 0 aromatic carbocycles. The molecule has 7 heteroatoms. The SMILES string of the molecule is CCc1nnc(NC2CCN(C(=O)c3ccncc3)CC2)nc1CC. The van der Waals surface area contributed by atoms with Crippen molar-refractivity contribution in [3.8, 4) is 0 Å². The Morgan fingerprint density at radius 2 is 1.80 bits per heavy atom. The van der Waals surface area contributed by atoms with Crippen molar-refractivity contribution in [1.82, 2.24) is 25.1 Å². The van der Waals surface area contributed by atoms with Gasteiger partial charge in [0.1, 0.15) is 0 Å². The Morgan fingerprint density at radius 1 is 1.12 bits per heavy atom. The zero-order chi connectivity index (χ0) is 17.6. The molecule has 0 aliphatic carbocycles. The smallest absolute Gasteiger partial charge is 0.253 e. The van der Waals surface area contributed by atoms with Crippen molar-refractivity contribution in [3.63, 3.8) is 0 Å². The van der Waals surface area contributed by atoms with E-state index in [0.717, 1.165) is 50.2 Å². The Kier molecular flexibility index (Phi) is 5.53. The number of aromatic nitrogens is 4. The number of carbonyl (C=O) groups excluding carboxylic acids is 1. The van der Waals surface area contributed by atoms with Crippen LogP contribution in [0.3, 0.4) is 0 Å². The number of hydrogen-bond donors (Lipinski definition) is 1. The lowest BCUT2D eigenvalue weighted by Gasteiger charge is -2.32. The third kappa shape index (κ3) is 4.10. The van der Waals surface area contributed by atoms with Crippen LogP contribution >= 0.6 is 0 Å². The summed E-state index contributed by atoms with van der Waals surface area (Å²) in [6.07, 6.45) is 6.74. The summed E-state index contributed by atoms with van der Waals surface area (Å²) in [6, 6.07) is 3.78. The largest absolute Gasteiger partial charge is 0.350 e. The summed E-state index contributed by atoms with van der Waals surface area (Å²) >= 11 is 0. The van der Waals surface area contributed by atoms with E-state index in [1.807, 2.05) is 4.90 Å². The summed E-state index contributed by atoms with van der Waals surface area (Å²) < 4.78 is 0. The predicted molar refractivity (Wildman–Crippen MR) is 95.4 cm³/mol. The first-order valence-corrected chi connectivity index (χ1v) is 8.89. The second-order valence-corrected chi connectivity index (χ2v) is 6.18. The van der Waals surface area contributed by atoms with Crippen LogP contribution in [0.15, 0.2) is 24.5 Å². The van der Waals surface area contributed by atoms with E-state index < -0.39 is 0 Å². The maximum absolute atomic E-state index is 12.5. The van der Waals surface area contributed by atoms with Crippen molar-refractivity contribution >= 4 is 11.9 Å². The molecule has 1 saturated heterocycles. The highest BCUT2D eigenvalue weighted by atomic mass is 16.2. The third-order valence-electron chi connectivity index (χ3n) is 4.55. The van der Waals surface area contributed by atoms with Gasteiger partial charge in [-0.25, -0.2) is 4.98 Å². The summed E-state index contributed by atoms with van der Waals surface area (Å²) in [5.74, 6) is 0.660. The van der Waals surface area contributed by atoms with E-state index in [1.165, 1.54) is 0 Å². The fourth-order valence-electron chi connectivity index (χ4n) is 3.09. The minimum atomic E-state index is 0.0688. The predicted octanol–water partition coefficient (Wildman–Crippen LogP) is 2.11. The van der Waals surface area contributed by atoms with E-state index in [1.54, 1.807) is 24.5 Å². The van der Waals surface area contributed by atoms with Gasteiger partial charge in [0.05, 0.1) is 11.4 Å². The second-order valence-electron chi connectivity index (χ2n) is 6.18. The topological polar surface area (TPSA) is 83.9 Å². The van der Waals surface area contributed by atoms with E-state index in [-0.39, 0.29) is 11.9 Å². The van der Waals surface area contributed by atoms with Crippen molar-refractivity contribution in [2.45, 2.75) is 45.6 Å². The fraction of sp³-hybridized carbons (Fsp3) is 0.500. The minimum absolute atomic E-state index is 0.0688. The molecule has 0 bridgehead atoms. The van der Waals surface area contributed by atoms with Crippen molar-refractivity contribution in [2.24, 2.45) is 0 Å². The molecule has 7 nitrogen and oxygen atoms in total. The minimum Gasteiger partial charge on any atom is -0.350 e. The van der Waals surface area contributed by atoms with Crippen molar-refractivity contribution in [2.75, 3.05) is 18.4 Å². The van der Waals surface area contributed by atoms with Crippen LogP contribution in [0.25, 0.3) is 0 Å². The van der Waals surface area contributed by atoms with E-state index in [4.69, 9.17) is 0 Å². The Bertz CT molecular complexity index is 713. The molecule has 132 valence electrons. The molecule has 0 atom stereocenters. The summed E-state index contributed by atoms with van der Waals surface area (Å²) in [4.78, 5) is 22.9. The first-order chi connectivity index (χ1) is 12.2. The molecule has 3 rings (SSSR count). The summed E-state index contributed by atoms with van der Waals surface area (Å²) in [5.41, 5.74) is 2.66. The van der Waals surface area contributed by atoms with Gasteiger partial charge in [-0.15, -0.1) is 5.10 Å². The summed E-state index contributed by atoms with van der Waals surface area (Å²) in [7, 11) is 0. The monoisotopic (exact) mass is 340 g/mol. The number of rotatable bonds is 5. The van der Waals surface area contributed by atoms with Crippen LogP contribution in [-0.4, -0.2) is 50.1 Å². The van der Waals surface area contributed by atoms with E-state index in [0.29, 0.717) is 11.5 Å². The van der Waals surface area contributed by atoms with Gasteiger partial charge in [0.15, 0.2) is 0 Å². The average molecular weight is 340 g/mol. The lowest BCUT2D eigenvalue weighted by molar-refractivity contribution is 0.0718. The first-order valence-electron chi connectivity index (χ1n) is 8.89. The zero-order valence-electron chi connectivity index (χ0n) is 14.8. The molecule has 1 aliphatic rings. The molecule has 2 aromatic heterocycles. The van der Waals surface area contributed by atoms with Crippen molar-refractivity contribution in [1.29, 1.82) is 0 Å². The lowest BCUT2D eigenvalue weighted by atomic mass is 10.0. The number of anilines is 1. The number of likely N-dealkylation sites (tertiary alicyclic amines) is 1. The molecule has 0 unspecified atom stereocenters. The molecule has 1 aliphatic heterocycles.